The van der Waals surface area contributed by atoms with Gasteiger partial charge in [0.15, 0.2) is 5.96 Å². The standard InChI is InChI=1S/C20H37N3O2.HI/c1-21-19(23-12-10-20(17-23)8-3-2-4-9-20)22-11-5-13-25-16-18-6-14-24-15-7-18;/h18H,2-17H2,1H3,(H,21,22);1H. The van der Waals surface area contributed by atoms with E-state index in [9.17, 15) is 0 Å². The first-order valence-corrected chi connectivity index (χ1v) is 10.4. The third-order valence-electron chi connectivity index (χ3n) is 6.31. The first kappa shape index (κ1) is 22.2. The van der Waals surface area contributed by atoms with Crippen LogP contribution < -0.4 is 5.32 Å². The van der Waals surface area contributed by atoms with Gasteiger partial charge in [0.2, 0.25) is 0 Å². The summed E-state index contributed by atoms with van der Waals surface area (Å²) in [6.45, 7) is 6.86. The molecule has 0 bridgehead atoms. The van der Waals surface area contributed by atoms with E-state index in [0.717, 1.165) is 58.2 Å². The van der Waals surface area contributed by atoms with Gasteiger partial charge in [-0.05, 0) is 49.9 Å². The highest BCUT2D eigenvalue weighted by molar-refractivity contribution is 14.0. The van der Waals surface area contributed by atoms with Crippen molar-refractivity contribution in [3.05, 3.63) is 0 Å². The summed E-state index contributed by atoms with van der Waals surface area (Å²) in [5.74, 6) is 1.79. The minimum absolute atomic E-state index is 0. The second kappa shape index (κ2) is 11.7. The molecule has 3 rings (SSSR count). The van der Waals surface area contributed by atoms with Gasteiger partial charge in [-0.15, -0.1) is 24.0 Å². The summed E-state index contributed by atoms with van der Waals surface area (Å²) < 4.78 is 11.2. The lowest BCUT2D eigenvalue weighted by atomic mass is 9.73. The third kappa shape index (κ3) is 6.51. The topological polar surface area (TPSA) is 46.1 Å². The molecule has 1 aliphatic carbocycles. The van der Waals surface area contributed by atoms with Crippen molar-refractivity contribution < 1.29 is 9.47 Å². The maximum atomic E-state index is 5.86. The highest BCUT2D eigenvalue weighted by Crippen LogP contribution is 2.43. The smallest absolute Gasteiger partial charge is 0.193 e. The molecule has 152 valence electrons. The number of aliphatic imine (C=N–C) groups is 1. The van der Waals surface area contributed by atoms with Gasteiger partial charge in [0.25, 0.3) is 0 Å². The molecule has 0 radical (unpaired) electrons. The zero-order valence-electron chi connectivity index (χ0n) is 16.5. The highest BCUT2D eigenvalue weighted by Gasteiger charge is 2.39. The largest absolute Gasteiger partial charge is 0.381 e. The quantitative estimate of drug-likeness (QED) is 0.273. The van der Waals surface area contributed by atoms with Crippen LogP contribution in [-0.4, -0.2) is 64.0 Å². The van der Waals surface area contributed by atoms with E-state index in [1.165, 1.54) is 51.6 Å². The highest BCUT2D eigenvalue weighted by atomic mass is 127. The zero-order chi connectivity index (χ0) is 17.4. The maximum Gasteiger partial charge on any atom is 0.193 e. The molecule has 2 heterocycles. The Kier molecular flexibility index (Phi) is 9.99. The molecule has 1 spiro atoms. The van der Waals surface area contributed by atoms with Crippen molar-refractivity contribution >= 4 is 29.9 Å². The van der Waals surface area contributed by atoms with Crippen LogP contribution in [0.25, 0.3) is 0 Å². The number of nitrogens with one attached hydrogen (secondary N) is 1. The number of hydrogen-bond donors (Lipinski definition) is 1. The number of ether oxygens (including phenoxy) is 2. The average molecular weight is 479 g/mol. The van der Waals surface area contributed by atoms with Crippen molar-refractivity contribution in [1.29, 1.82) is 0 Å². The summed E-state index contributed by atoms with van der Waals surface area (Å²) in [4.78, 5) is 7.00. The first-order valence-electron chi connectivity index (χ1n) is 10.4. The fourth-order valence-corrected chi connectivity index (χ4v) is 4.70. The SMILES string of the molecule is CN=C(NCCCOCC1CCOCC1)N1CCC2(CCCCC2)C1.I. The molecule has 1 saturated carbocycles. The predicted molar refractivity (Wildman–Crippen MR) is 117 cm³/mol. The fraction of sp³-hybridized carbons (Fsp3) is 0.950. The fourth-order valence-electron chi connectivity index (χ4n) is 4.70. The minimum Gasteiger partial charge on any atom is -0.381 e. The molecule has 26 heavy (non-hydrogen) atoms. The summed E-state index contributed by atoms with van der Waals surface area (Å²) in [6, 6.07) is 0. The van der Waals surface area contributed by atoms with Gasteiger partial charge in [0, 0.05) is 53.1 Å². The van der Waals surface area contributed by atoms with E-state index >= 15 is 0 Å². The van der Waals surface area contributed by atoms with Gasteiger partial charge >= 0.3 is 0 Å². The molecule has 0 unspecified atom stereocenters. The number of likely N-dealkylation sites (tertiary alicyclic amines) is 1. The lowest BCUT2D eigenvalue weighted by molar-refractivity contribution is 0.0203. The Morgan fingerprint density at radius 2 is 1.96 bits per heavy atom. The number of rotatable bonds is 6. The van der Waals surface area contributed by atoms with E-state index in [0.29, 0.717) is 11.3 Å². The Labute approximate surface area is 176 Å². The van der Waals surface area contributed by atoms with Crippen molar-refractivity contribution in [2.45, 2.75) is 57.8 Å². The van der Waals surface area contributed by atoms with E-state index in [2.05, 4.69) is 15.2 Å². The van der Waals surface area contributed by atoms with Gasteiger partial charge in [-0.1, -0.05) is 19.3 Å². The molecule has 2 aliphatic heterocycles. The molecule has 0 aromatic heterocycles. The van der Waals surface area contributed by atoms with Crippen LogP contribution in [0.4, 0.5) is 0 Å². The third-order valence-corrected chi connectivity index (χ3v) is 6.31. The molecule has 1 N–H and O–H groups in total. The van der Waals surface area contributed by atoms with Crippen LogP contribution in [0.5, 0.6) is 0 Å². The molecule has 3 aliphatic rings. The van der Waals surface area contributed by atoms with E-state index < -0.39 is 0 Å². The molecular formula is C20H38IN3O2. The predicted octanol–water partition coefficient (Wildman–Crippen LogP) is 3.67. The number of hydrogen-bond acceptors (Lipinski definition) is 3. The number of halogens is 1. The van der Waals surface area contributed by atoms with Gasteiger partial charge in [-0.3, -0.25) is 4.99 Å². The van der Waals surface area contributed by atoms with Gasteiger partial charge < -0.3 is 19.7 Å². The lowest BCUT2D eigenvalue weighted by Gasteiger charge is -2.33. The van der Waals surface area contributed by atoms with Gasteiger partial charge in [-0.2, -0.15) is 0 Å². The van der Waals surface area contributed by atoms with E-state index in [-0.39, 0.29) is 24.0 Å². The van der Waals surface area contributed by atoms with E-state index in [1.54, 1.807) is 0 Å². The Balaban J connectivity index is 0.00000243. The summed E-state index contributed by atoms with van der Waals surface area (Å²) in [5.41, 5.74) is 0.586. The van der Waals surface area contributed by atoms with Crippen LogP contribution in [0.3, 0.4) is 0 Å². The van der Waals surface area contributed by atoms with Crippen LogP contribution >= 0.6 is 24.0 Å². The Morgan fingerprint density at radius 1 is 1.19 bits per heavy atom. The minimum atomic E-state index is 0. The molecule has 3 fully saturated rings. The Morgan fingerprint density at radius 3 is 2.69 bits per heavy atom. The summed E-state index contributed by atoms with van der Waals surface area (Å²) >= 11 is 0. The van der Waals surface area contributed by atoms with Gasteiger partial charge in [0.05, 0.1) is 0 Å². The molecular weight excluding hydrogens is 441 g/mol. The number of guanidine groups is 1. The average Bonchev–Trinajstić information content (AvgIpc) is 3.05. The molecule has 0 aromatic rings. The Hall–Kier alpha value is -0.0800. The van der Waals surface area contributed by atoms with Crippen molar-refractivity contribution in [3.63, 3.8) is 0 Å². The molecule has 5 nitrogen and oxygen atoms in total. The van der Waals surface area contributed by atoms with E-state index in [1.807, 2.05) is 7.05 Å². The van der Waals surface area contributed by atoms with E-state index in [4.69, 9.17) is 9.47 Å². The second-order valence-corrected chi connectivity index (χ2v) is 8.19. The lowest BCUT2D eigenvalue weighted by Crippen LogP contribution is -2.42. The Bertz CT molecular complexity index is 421. The monoisotopic (exact) mass is 479 g/mol. The van der Waals surface area contributed by atoms with Crippen molar-refractivity contribution in [2.24, 2.45) is 16.3 Å². The summed E-state index contributed by atoms with van der Waals surface area (Å²) in [7, 11) is 1.91. The zero-order valence-corrected chi connectivity index (χ0v) is 18.8. The molecule has 2 saturated heterocycles. The van der Waals surface area contributed by atoms with Crippen LogP contribution in [0, 0.1) is 11.3 Å². The first-order chi connectivity index (χ1) is 12.3. The van der Waals surface area contributed by atoms with Crippen LogP contribution in [0.2, 0.25) is 0 Å². The molecule has 0 amide bonds. The molecule has 6 heteroatoms. The normalized spacial score (nSPS) is 23.9. The van der Waals surface area contributed by atoms with Gasteiger partial charge in [0.1, 0.15) is 0 Å². The van der Waals surface area contributed by atoms with Crippen molar-refractivity contribution in [3.8, 4) is 0 Å². The molecule has 0 atom stereocenters. The van der Waals surface area contributed by atoms with Crippen molar-refractivity contribution in [1.82, 2.24) is 10.2 Å². The van der Waals surface area contributed by atoms with Crippen LogP contribution in [0.15, 0.2) is 4.99 Å². The molecule has 0 aromatic carbocycles. The summed E-state index contributed by atoms with van der Waals surface area (Å²) in [6.07, 6.45) is 11.8. The van der Waals surface area contributed by atoms with Crippen LogP contribution in [-0.2, 0) is 9.47 Å². The second-order valence-electron chi connectivity index (χ2n) is 8.19. The number of nitrogens with zero attached hydrogens (tertiary/aromatic N) is 2. The van der Waals surface area contributed by atoms with Gasteiger partial charge in [-0.25, -0.2) is 0 Å². The van der Waals surface area contributed by atoms with Crippen molar-refractivity contribution in [2.75, 3.05) is 53.1 Å². The maximum absolute atomic E-state index is 5.86. The summed E-state index contributed by atoms with van der Waals surface area (Å²) in [5, 5.41) is 3.55. The van der Waals surface area contributed by atoms with Crippen LogP contribution in [0.1, 0.15) is 57.8 Å².